The highest BCUT2D eigenvalue weighted by atomic mass is 16.5. The number of urea groups is 1. The number of carbonyl (C=O) groups is 1. The second-order valence-electron chi connectivity index (χ2n) is 5.14. The zero-order valence-corrected chi connectivity index (χ0v) is 14.0. The van der Waals surface area contributed by atoms with Gasteiger partial charge in [-0.05, 0) is 42.7 Å². The summed E-state index contributed by atoms with van der Waals surface area (Å²) in [5.41, 5.74) is 2.03. The van der Waals surface area contributed by atoms with Crippen LogP contribution >= 0.6 is 0 Å². The number of ether oxygens (including phenoxy) is 2. The van der Waals surface area contributed by atoms with Crippen molar-refractivity contribution in [2.75, 3.05) is 20.3 Å². The molecule has 0 unspecified atom stereocenters. The van der Waals surface area contributed by atoms with Crippen LogP contribution in [0.15, 0.2) is 42.7 Å². The van der Waals surface area contributed by atoms with Gasteiger partial charge >= 0.3 is 6.03 Å². The molecule has 2 rings (SSSR count). The number of carbonyl (C=O) groups excluding carboxylic acids is 1. The summed E-state index contributed by atoms with van der Waals surface area (Å²) in [7, 11) is 1.62. The van der Waals surface area contributed by atoms with Crippen molar-refractivity contribution in [3.05, 3.63) is 53.9 Å². The number of pyridine rings is 1. The van der Waals surface area contributed by atoms with Gasteiger partial charge in [-0.25, -0.2) is 4.79 Å². The molecule has 1 heterocycles. The topological polar surface area (TPSA) is 72.5 Å². The van der Waals surface area contributed by atoms with E-state index >= 15 is 0 Å². The Balaban J connectivity index is 1.76. The van der Waals surface area contributed by atoms with Gasteiger partial charge in [0.15, 0.2) is 11.5 Å². The molecule has 0 bridgehead atoms. The average molecular weight is 329 g/mol. The van der Waals surface area contributed by atoms with Crippen LogP contribution in [0.4, 0.5) is 4.79 Å². The van der Waals surface area contributed by atoms with Crippen LogP contribution in [-0.4, -0.2) is 31.3 Å². The van der Waals surface area contributed by atoms with Crippen LogP contribution < -0.4 is 20.1 Å². The maximum atomic E-state index is 11.8. The molecule has 6 nitrogen and oxygen atoms in total. The second kappa shape index (κ2) is 9.39. The van der Waals surface area contributed by atoms with Crippen LogP contribution in [0.1, 0.15) is 18.1 Å². The summed E-state index contributed by atoms with van der Waals surface area (Å²) in [6, 6.07) is 9.35. The summed E-state index contributed by atoms with van der Waals surface area (Å²) < 4.78 is 10.8. The molecule has 0 saturated heterocycles. The molecule has 2 aromatic rings. The van der Waals surface area contributed by atoms with E-state index in [1.807, 2.05) is 37.3 Å². The molecule has 0 spiro atoms. The third-order valence-corrected chi connectivity index (χ3v) is 3.40. The number of nitrogens with one attached hydrogen (secondary N) is 2. The molecule has 128 valence electrons. The van der Waals surface area contributed by atoms with Crippen LogP contribution in [0.5, 0.6) is 11.5 Å². The molecular weight excluding hydrogens is 306 g/mol. The zero-order valence-electron chi connectivity index (χ0n) is 14.0. The lowest BCUT2D eigenvalue weighted by atomic mass is 10.1. The Hall–Kier alpha value is -2.76. The van der Waals surface area contributed by atoms with E-state index in [-0.39, 0.29) is 6.03 Å². The van der Waals surface area contributed by atoms with Gasteiger partial charge < -0.3 is 20.1 Å². The Bertz CT molecular complexity index is 647. The minimum Gasteiger partial charge on any atom is -0.493 e. The molecule has 0 aliphatic heterocycles. The smallest absolute Gasteiger partial charge is 0.315 e. The summed E-state index contributed by atoms with van der Waals surface area (Å²) in [5, 5.41) is 5.64. The van der Waals surface area contributed by atoms with E-state index in [9.17, 15) is 4.79 Å². The van der Waals surface area contributed by atoms with Gasteiger partial charge in [0.1, 0.15) is 0 Å². The fraction of sp³-hybridized carbons (Fsp3) is 0.333. The van der Waals surface area contributed by atoms with Crippen molar-refractivity contribution in [3.8, 4) is 11.5 Å². The van der Waals surface area contributed by atoms with E-state index < -0.39 is 0 Å². The molecule has 0 aliphatic rings. The van der Waals surface area contributed by atoms with Gasteiger partial charge in [-0.2, -0.15) is 0 Å². The van der Waals surface area contributed by atoms with E-state index in [0.717, 1.165) is 16.9 Å². The number of methoxy groups -OCH3 is 1. The third-order valence-electron chi connectivity index (χ3n) is 3.40. The van der Waals surface area contributed by atoms with Crippen LogP contribution in [0.3, 0.4) is 0 Å². The molecule has 1 aromatic heterocycles. The number of benzene rings is 1. The molecule has 0 radical (unpaired) electrons. The lowest BCUT2D eigenvalue weighted by molar-refractivity contribution is 0.240. The van der Waals surface area contributed by atoms with Crippen LogP contribution in [0, 0.1) is 0 Å². The first-order chi connectivity index (χ1) is 11.7. The molecule has 2 amide bonds. The van der Waals surface area contributed by atoms with Crippen LogP contribution in [0.2, 0.25) is 0 Å². The van der Waals surface area contributed by atoms with Gasteiger partial charge in [0, 0.05) is 25.5 Å². The number of hydrogen-bond donors (Lipinski definition) is 2. The fourth-order valence-electron chi connectivity index (χ4n) is 2.21. The Kier molecular flexibility index (Phi) is 6.89. The first kappa shape index (κ1) is 17.6. The van der Waals surface area contributed by atoms with Crippen molar-refractivity contribution in [1.29, 1.82) is 0 Å². The monoisotopic (exact) mass is 329 g/mol. The molecule has 0 fully saturated rings. The van der Waals surface area contributed by atoms with Gasteiger partial charge in [-0.15, -0.1) is 0 Å². The van der Waals surface area contributed by atoms with Crippen molar-refractivity contribution in [1.82, 2.24) is 15.6 Å². The van der Waals surface area contributed by atoms with E-state index in [1.54, 1.807) is 19.5 Å². The number of aromatic nitrogens is 1. The quantitative estimate of drug-likeness (QED) is 0.780. The number of nitrogens with zero attached hydrogens (tertiary/aromatic N) is 1. The SMILES string of the molecule is CCOc1ccc(CCNC(=O)NCc2cccnc2)cc1OC. The molecule has 1 aromatic carbocycles. The molecule has 0 aliphatic carbocycles. The summed E-state index contributed by atoms with van der Waals surface area (Å²) in [6.07, 6.45) is 4.14. The predicted molar refractivity (Wildman–Crippen MR) is 92.3 cm³/mol. The molecule has 0 atom stereocenters. The lowest BCUT2D eigenvalue weighted by Gasteiger charge is -2.11. The van der Waals surface area contributed by atoms with Gasteiger partial charge in [0.2, 0.25) is 0 Å². The van der Waals surface area contributed by atoms with Crippen molar-refractivity contribution in [3.63, 3.8) is 0 Å². The maximum absolute atomic E-state index is 11.8. The lowest BCUT2D eigenvalue weighted by Crippen LogP contribution is -2.36. The number of hydrogen-bond acceptors (Lipinski definition) is 4. The average Bonchev–Trinajstić information content (AvgIpc) is 2.62. The Morgan fingerprint density at radius 3 is 2.75 bits per heavy atom. The highest BCUT2D eigenvalue weighted by Crippen LogP contribution is 2.28. The van der Waals surface area contributed by atoms with Gasteiger partial charge in [-0.3, -0.25) is 4.98 Å². The van der Waals surface area contributed by atoms with Gasteiger partial charge in [0.05, 0.1) is 13.7 Å². The predicted octanol–water partition coefficient (Wildman–Crippen LogP) is 2.53. The van der Waals surface area contributed by atoms with Gasteiger partial charge in [0.25, 0.3) is 0 Å². The summed E-state index contributed by atoms with van der Waals surface area (Å²) >= 11 is 0. The van der Waals surface area contributed by atoms with Crippen molar-refractivity contribution < 1.29 is 14.3 Å². The number of amides is 2. The number of rotatable bonds is 8. The zero-order chi connectivity index (χ0) is 17.2. The molecule has 0 saturated carbocycles. The molecule has 24 heavy (non-hydrogen) atoms. The van der Waals surface area contributed by atoms with E-state index in [1.165, 1.54) is 0 Å². The standard InChI is InChI=1S/C18H23N3O3/c1-3-24-16-7-6-14(11-17(16)23-2)8-10-20-18(22)21-13-15-5-4-9-19-12-15/h4-7,9,11-12H,3,8,10,13H2,1-2H3,(H2,20,21,22). The minimum absolute atomic E-state index is 0.197. The maximum Gasteiger partial charge on any atom is 0.315 e. The first-order valence-corrected chi connectivity index (χ1v) is 7.93. The third kappa shape index (κ3) is 5.46. The highest BCUT2D eigenvalue weighted by molar-refractivity contribution is 5.73. The van der Waals surface area contributed by atoms with E-state index in [2.05, 4.69) is 15.6 Å². The summed E-state index contributed by atoms with van der Waals surface area (Å²) in [4.78, 5) is 15.8. The van der Waals surface area contributed by atoms with Crippen molar-refractivity contribution in [2.24, 2.45) is 0 Å². The van der Waals surface area contributed by atoms with Crippen LogP contribution in [0.25, 0.3) is 0 Å². The minimum atomic E-state index is -0.197. The Labute approximate surface area is 142 Å². The summed E-state index contributed by atoms with van der Waals surface area (Å²) in [6.45, 7) is 3.52. The van der Waals surface area contributed by atoms with E-state index in [0.29, 0.717) is 31.9 Å². The molecular formula is C18H23N3O3. The first-order valence-electron chi connectivity index (χ1n) is 7.93. The normalized spacial score (nSPS) is 10.1. The Morgan fingerprint density at radius 2 is 2.04 bits per heavy atom. The van der Waals surface area contributed by atoms with Gasteiger partial charge in [-0.1, -0.05) is 12.1 Å². The fourth-order valence-corrected chi connectivity index (χ4v) is 2.21. The molecule has 6 heteroatoms. The summed E-state index contributed by atoms with van der Waals surface area (Å²) in [5.74, 6) is 1.43. The van der Waals surface area contributed by atoms with Crippen molar-refractivity contribution >= 4 is 6.03 Å². The second-order valence-corrected chi connectivity index (χ2v) is 5.14. The van der Waals surface area contributed by atoms with Crippen molar-refractivity contribution in [2.45, 2.75) is 19.9 Å². The Morgan fingerprint density at radius 1 is 1.17 bits per heavy atom. The van der Waals surface area contributed by atoms with Crippen LogP contribution in [-0.2, 0) is 13.0 Å². The largest absolute Gasteiger partial charge is 0.493 e. The van der Waals surface area contributed by atoms with E-state index in [4.69, 9.17) is 9.47 Å². The molecule has 2 N–H and O–H groups in total. The highest BCUT2D eigenvalue weighted by Gasteiger charge is 2.06.